The highest BCUT2D eigenvalue weighted by Gasteiger charge is 2.15. The van der Waals surface area contributed by atoms with Gasteiger partial charge in [0.15, 0.2) is 5.96 Å². The molecule has 1 aliphatic heterocycles. The summed E-state index contributed by atoms with van der Waals surface area (Å²) in [5.74, 6) is 0.941. The van der Waals surface area contributed by atoms with Crippen LogP contribution in [0.1, 0.15) is 25.3 Å². The summed E-state index contributed by atoms with van der Waals surface area (Å²) in [5, 5.41) is 3.35. The molecule has 1 aromatic carbocycles. The van der Waals surface area contributed by atoms with Crippen LogP contribution in [-0.4, -0.2) is 43.7 Å². The zero-order chi connectivity index (χ0) is 15.1. The fourth-order valence-corrected chi connectivity index (χ4v) is 2.65. The Bertz CT molecular complexity index is 455. The van der Waals surface area contributed by atoms with Crippen molar-refractivity contribution in [3.8, 4) is 0 Å². The third-order valence-electron chi connectivity index (χ3n) is 3.50. The van der Waals surface area contributed by atoms with Gasteiger partial charge in [0.1, 0.15) is 0 Å². The van der Waals surface area contributed by atoms with Gasteiger partial charge >= 0.3 is 0 Å². The molecule has 1 heterocycles. The quantitative estimate of drug-likeness (QED) is 0.652. The molecular weight excluding hydrogens is 330 g/mol. The van der Waals surface area contributed by atoms with Crippen LogP contribution >= 0.6 is 15.9 Å². The molecule has 0 aliphatic carbocycles. The monoisotopic (exact) mass is 353 g/mol. The number of nitrogens with zero attached hydrogens (tertiary/aromatic N) is 2. The second kappa shape index (κ2) is 8.39. The van der Waals surface area contributed by atoms with E-state index in [9.17, 15) is 0 Å². The molecule has 0 saturated carbocycles. The van der Waals surface area contributed by atoms with Crippen molar-refractivity contribution in [3.05, 3.63) is 34.3 Å². The molecule has 1 aromatic rings. The number of aliphatic imine (C=N–C) groups is 1. The number of nitrogens with one attached hydrogen (secondary N) is 1. The molecule has 1 unspecified atom stereocenters. The van der Waals surface area contributed by atoms with E-state index in [0.717, 1.165) is 49.5 Å². The Morgan fingerprint density at radius 2 is 2.19 bits per heavy atom. The van der Waals surface area contributed by atoms with Gasteiger partial charge in [-0.15, -0.1) is 0 Å². The zero-order valence-electron chi connectivity index (χ0n) is 12.8. The number of hydrogen-bond donors (Lipinski definition) is 1. The van der Waals surface area contributed by atoms with Gasteiger partial charge in [0.2, 0.25) is 0 Å². The molecule has 0 radical (unpaired) electrons. The molecule has 1 saturated heterocycles. The molecule has 1 fully saturated rings. The standard InChI is InChI=1S/C16H24BrN3O/c1-3-18-16(19-11-15-5-4-10-21-15)20(2)12-13-6-8-14(17)9-7-13/h6-9,15H,3-5,10-12H2,1-2H3,(H,18,19). The number of hydrogen-bond acceptors (Lipinski definition) is 2. The van der Waals surface area contributed by atoms with Gasteiger partial charge in [-0.1, -0.05) is 28.1 Å². The topological polar surface area (TPSA) is 36.9 Å². The molecule has 4 nitrogen and oxygen atoms in total. The van der Waals surface area contributed by atoms with Crippen molar-refractivity contribution in [2.75, 3.05) is 26.7 Å². The zero-order valence-corrected chi connectivity index (χ0v) is 14.4. The minimum absolute atomic E-state index is 0.291. The van der Waals surface area contributed by atoms with E-state index >= 15 is 0 Å². The highest BCUT2D eigenvalue weighted by atomic mass is 79.9. The van der Waals surface area contributed by atoms with Crippen LogP contribution in [0.4, 0.5) is 0 Å². The second-order valence-electron chi connectivity index (χ2n) is 5.31. The number of rotatable bonds is 5. The van der Waals surface area contributed by atoms with Crippen molar-refractivity contribution in [1.29, 1.82) is 0 Å². The second-order valence-corrected chi connectivity index (χ2v) is 6.23. The first-order chi connectivity index (χ1) is 10.2. The number of guanidine groups is 1. The van der Waals surface area contributed by atoms with Crippen molar-refractivity contribution >= 4 is 21.9 Å². The molecule has 1 aliphatic rings. The molecule has 5 heteroatoms. The summed E-state index contributed by atoms with van der Waals surface area (Å²) < 4.78 is 6.74. The summed E-state index contributed by atoms with van der Waals surface area (Å²) in [7, 11) is 2.07. The molecular formula is C16H24BrN3O. The Kier molecular flexibility index (Phi) is 6.51. The summed E-state index contributed by atoms with van der Waals surface area (Å²) in [5.41, 5.74) is 1.27. The van der Waals surface area contributed by atoms with Gasteiger partial charge in [-0.05, 0) is 37.5 Å². The Balaban J connectivity index is 1.95. The lowest BCUT2D eigenvalue weighted by Gasteiger charge is -2.22. The normalized spacial score (nSPS) is 18.8. The van der Waals surface area contributed by atoms with Crippen LogP contribution in [0.2, 0.25) is 0 Å². The van der Waals surface area contributed by atoms with E-state index in [0.29, 0.717) is 6.10 Å². The summed E-state index contributed by atoms with van der Waals surface area (Å²) in [6.07, 6.45) is 2.57. The van der Waals surface area contributed by atoms with Gasteiger partial charge in [0, 0.05) is 31.2 Å². The van der Waals surface area contributed by atoms with Gasteiger partial charge in [-0.25, -0.2) is 0 Å². The van der Waals surface area contributed by atoms with E-state index in [-0.39, 0.29) is 0 Å². The predicted molar refractivity (Wildman–Crippen MR) is 90.6 cm³/mol. The summed E-state index contributed by atoms with van der Waals surface area (Å²) >= 11 is 3.46. The first-order valence-corrected chi connectivity index (χ1v) is 8.34. The van der Waals surface area contributed by atoms with E-state index in [1.165, 1.54) is 5.56 Å². The van der Waals surface area contributed by atoms with E-state index in [1.807, 2.05) is 0 Å². The van der Waals surface area contributed by atoms with Crippen molar-refractivity contribution in [1.82, 2.24) is 10.2 Å². The lowest BCUT2D eigenvalue weighted by atomic mass is 10.2. The minimum Gasteiger partial charge on any atom is -0.376 e. The van der Waals surface area contributed by atoms with Gasteiger partial charge in [0.25, 0.3) is 0 Å². The van der Waals surface area contributed by atoms with Crippen LogP contribution in [0.5, 0.6) is 0 Å². The number of benzene rings is 1. The number of ether oxygens (including phenoxy) is 1. The van der Waals surface area contributed by atoms with Crippen LogP contribution in [0.3, 0.4) is 0 Å². The molecule has 0 amide bonds. The van der Waals surface area contributed by atoms with Crippen molar-refractivity contribution in [2.45, 2.75) is 32.4 Å². The van der Waals surface area contributed by atoms with Gasteiger partial charge in [-0.3, -0.25) is 4.99 Å². The van der Waals surface area contributed by atoms with Crippen LogP contribution < -0.4 is 5.32 Å². The molecule has 0 bridgehead atoms. The molecule has 1 N–H and O–H groups in total. The first kappa shape index (κ1) is 16.3. The minimum atomic E-state index is 0.291. The predicted octanol–water partition coefficient (Wildman–Crippen LogP) is 3.03. The first-order valence-electron chi connectivity index (χ1n) is 7.54. The Labute approximate surface area is 135 Å². The average Bonchev–Trinajstić information content (AvgIpc) is 2.99. The Morgan fingerprint density at radius 3 is 2.81 bits per heavy atom. The van der Waals surface area contributed by atoms with Crippen molar-refractivity contribution in [2.24, 2.45) is 4.99 Å². The maximum atomic E-state index is 5.63. The molecule has 1 atom stereocenters. The fraction of sp³-hybridized carbons (Fsp3) is 0.562. The maximum absolute atomic E-state index is 5.63. The number of halogens is 1. The van der Waals surface area contributed by atoms with Crippen LogP contribution in [-0.2, 0) is 11.3 Å². The summed E-state index contributed by atoms with van der Waals surface area (Å²) in [4.78, 5) is 6.86. The lowest BCUT2D eigenvalue weighted by molar-refractivity contribution is 0.117. The third kappa shape index (κ3) is 5.32. The Morgan fingerprint density at radius 1 is 1.43 bits per heavy atom. The molecule has 116 valence electrons. The Hall–Kier alpha value is -1.07. The summed E-state index contributed by atoms with van der Waals surface area (Å²) in [6.45, 7) is 5.42. The highest BCUT2D eigenvalue weighted by Crippen LogP contribution is 2.13. The molecule has 2 rings (SSSR count). The van der Waals surface area contributed by atoms with Crippen molar-refractivity contribution < 1.29 is 4.74 Å². The van der Waals surface area contributed by atoms with Crippen LogP contribution in [0.25, 0.3) is 0 Å². The smallest absolute Gasteiger partial charge is 0.194 e. The van der Waals surface area contributed by atoms with Crippen molar-refractivity contribution in [3.63, 3.8) is 0 Å². The molecule has 0 aromatic heterocycles. The van der Waals surface area contributed by atoms with E-state index in [2.05, 4.69) is 64.4 Å². The molecule has 21 heavy (non-hydrogen) atoms. The lowest BCUT2D eigenvalue weighted by Crippen LogP contribution is -2.39. The largest absolute Gasteiger partial charge is 0.376 e. The van der Waals surface area contributed by atoms with E-state index in [1.54, 1.807) is 0 Å². The average molecular weight is 354 g/mol. The van der Waals surface area contributed by atoms with Gasteiger partial charge < -0.3 is 15.0 Å². The fourth-order valence-electron chi connectivity index (χ4n) is 2.38. The SMILES string of the molecule is CCNC(=NCC1CCCO1)N(C)Cc1ccc(Br)cc1. The van der Waals surface area contributed by atoms with E-state index < -0.39 is 0 Å². The third-order valence-corrected chi connectivity index (χ3v) is 4.03. The highest BCUT2D eigenvalue weighted by molar-refractivity contribution is 9.10. The van der Waals surface area contributed by atoms with Crippen LogP contribution in [0, 0.1) is 0 Å². The van der Waals surface area contributed by atoms with Crippen LogP contribution in [0.15, 0.2) is 33.7 Å². The van der Waals surface area contributed by atoms with Gasteiger partial charge in [0.05, 0.1) is 12.6 Å². The summed E-state index contributed by atoms with van der Waals surface area (Å²) in [6, 6.07) is 8.40. The maximum Gasteiger partial charge on any atom is 0.194 e. The molecule has 0 spiro atoms. The van der Waals surface area contributed by atoms with Gasteiger partial charge in [-0.2, -0.15) is 0 Å². The van der Waals surface area contributed by atoms with E-state index in [4.69, 9.17) is 9.73 Å².